The number of hydrogen-bond donors (Lipinski definition) is 2. The smallest absolute Gasteiger partial charge is 0.488 e. The van der Waals surface area contributed by atoms with Crippen molar-refractivity contribution < 1.29 is 19.5 Å². The fourth-order valence-electron chi connectivity index (χ4n) is 3.13. The van der Waals surface area contributed by atoms with Crippen LogP contribution in [-0.2, 0) is 6.42 Å². The molecule has 0 fully saturated rings. The molecule has 0 spiro atoms. The molecule has 1 aliphatic rings. The van der Waals surface area contributed by atoms with Crippen LogP contribution in [0, 0.1) is 0 Å². The second-order valence-corrected chi connectivity index (χ2v) is 6.08. The Morgan fingerprint density at radius 2 is 1.68 bits per heavy atom. The van der Waals surface area contributed by atoms with Crippen LogP contribution in [0.25, 0.3) is 11.1 Å². The van der Waals surface area contributed by atoms with E-state index in [0.29, 0.717) is 11.2 Å². The molecule has 0 aromatic heterocycles. The monoisotopic (exact) mass is 332 g/mol. The molecule has 4 rings (SSSR count). The Morgan fingerprint density at radius 1 is 0.880 bits per heavy atom. The van der Waals surface area contributed by atoms with Gasteiger partial charge in [0.05, 0.1) is 7.11 Å². The lowest BCUT2D eigenvalue weighted by Gasteiger charge is -2.21. The Bertz CT molecular complexity index is 937. The van der Waals surface area contributed by atoms with Crippen molar-refractivity contribution in [2.24, 2.45) is 0 Å². The van der Waals surface area contributed by atoms with Crippen molar-refractivity contribution in [2.45, 2.75) is 6.42 Å². The van der Waals surface area contributed by atoms with Gasteiger partial charge in [-0.2, -0.15) is 0 Å². The Labute approximate surface area is 146 Å². The highest BCUT2D eigenvalue weighted by atomic mass is 16.5. The molecular formula is C20H17BO4. The van der Waals surface area contributed by atoms with Crippen molar-refractivity contribution in [2.75, 3.05) is 7.11 Å². The molecule has 1 aliphatic heterocycles. The molecule has 5 heteroatoms. The van der Waals surface area contributed by atoms with Gasteiger partial charge in [0.15, 0.2) is 0 Å². The lowest BCUT2D eigenvalue weighted by Crippen LogP contribution is -2.29. The van der Waals surface area contributed by atoms with Gasteiger partial charge in [-0.05, 0) is 58.0 Å². The predicted octanol–water partition coefficient (Wildman–Crippen LogP) is 2.74. The SMILES string of the molecule is COc1cc(B(O)O)cc(-c2ccc3c(c2)Cc2ccccc2O3)c1. The first-order valence-electron chi connectivity index (χ1n) is 8.08. The van der Waals surface area contributed by atoms with Crippen LogP contribution in [0.4, 0.5) is 0 Å². The van der Waals surface area contributed by atoms with Gasteiger partial charge in [0.2, 0.25) is 0 Å². The minimum atomic E-state index is -1.54. The summed E-state index contributed by atoms with van der Waals surface area (Å²) < 4.78 is 11.2. The summed E-state index contributed by atoms with van der Waals surface area (Å²) in [7, 11) is 0.0197. The van der Waals surface area contributed by atoms with E-state index >= 15 is 0 Å². The number of benzene rings is 3. The summed E-state index contributed by atoms with van der Waals surface area (Å²) >= 11 is 0. The predicted molar refractivity (Wildman–Crippen MR) is 97.6 cm³/mol. The van der Waals surface area contributed by atoms with Gasteiger partial charge in [0.1, 0.15) is 17.2 Å². The topological polar surface area (TPSA) is 58.9 Å². The maximum absolute atomic E-state index is 9.50. The highest BCUT2D eigenvalue weighted by Gasteiger charge is 2.18. The van der Waals surface area contributed by atoms with Crippen molar-refractivity contribution in [1.82, 2.24) is 0 Å². The molecule has 3 aromatic rings. The van der Waals surface area contributed by atoms with Gasteiger partial charge >= 0.3 is 7.12 Å². The number of rotatable bonds is 3. The highest BCUT2D eigenvalue weighted by molar-refractivity contribution is 6.58. The summed E-state index contributed by atoms with van der Waals surface area (Å²) in [6.45, 7) is 0. The van der Waals surface area contributed by atoms with Gasteiger partial charge in [-0.25, -0.2) is 0 Å². The molecule has 25 heavy (non-hydrogen) atoms. The van der Waals surface area contributed by atoms with Crippen molar-refractivity contribution in [3.05, 3.63) is 71.8 Å². The molecule has 0 saturated carbocycles. The van der Waals surface area contributed by atoms with E-state index in [4.69, 9.17) is 9.47 Å². The zero-order valence-electron chi connectivity index (χ0n) is 13.8. The number of methoxy groups -OCH3 is 1. The third kappa shape index (κ3) is 3.00. The Hall–Kier alpha value is -2.76. The molecule has 0 aliphatic carbocycles. The van der Waals surface area contributed by atoms with Crippen LogP contribution >= 0.6 is 0 Å². The van der Waals surface area contributed by atoms with Crippen molar-refractivity contribution >= 4 is 12.6 Å². The van der Waals surface area contributed by atoms with Crippen LogP contribution in [-0.4, -0.2) is 24.3 Å². The summed E-state index contributed by atoms with van der Waals surface area (Å²) in [5.41, 5.74) is 4.50. The Morgan fingerprint density at radius 3 is 2.48 bits per heavy atom. The Kier molecular flexibility index (Phi) is 3.96. The quantitative estimate of drug-likeness (QED) is 0.567. The molecule has 0 bridgehead atoms. The lowest BCUT2D eigenvalue weighted by atomic mass is 9.78. The minimum absolute atomic E-state index is 0.397. The van der Waals surface area contributed by atoms with Crippen LogP contribution < -0.4 is 14.9 Å². The standard InChI is InChI=1S/C20H17BO4/c1-24-18-11-15(10-17(12-18)21(22)23)13-6-7-20-16(8-13)9-14-4-2-3-5-19(14)25-20/h2-8,10-12,22-23H,9H2,1H3. The Balaban J connectivity index is 1.75. The first-order valence-corrected chi connectivity index (χ1v) is 8.08. The first kappa shape index (κ1) is 15.8. The van der Waals surface area contributed by atoms with Crippen LogP contribution in [0.3, 0.4) is 0 Å². The van der Waals surface area contributed by atoms with Gasteiger partial charge in [-0.15, -0.1) is 0 Å². The molecular weight excluding hydrogens is 315 g/mol. The third-order valence-electron chi connectivity index (χ3n) is 4.43. The summed E-state index contributed by atoms with van der Waals surface area (Å²) in [4.78, 5) is 0. The minimum Gasteiger partial charge on any atom is -0.497 e. The summed E-state index contributed by atoms with van der Waals surface area (Å²) in [5, 5.41) is 19.0. The normalized spacial score (nSPS) is 12.0. The fraction of sp³-hybridized carbons (Fsp3) is 0.100. The van der Waals surface area contributed by atoms with Crippen molar-refractivity contribution in [1.29, 1.82) is 0 Å². The summed E-state index contributed by atoms with van der Waals surface area (Å²) in [5.74, 6) is 2.34. The molecule has 4 nitrogen and oxygen atoms in total. The van der Waals surface area contributed by atoms with E-state index in [1.807, 2.05) is 36.4 Å². The second-order valence-electron chi connectivity index (χ2n) is 6.08. The average molecular weight is 332 g/mol. The first-order chi connectivity index (χ1) is 12.1. The van der Waals surface area contributed by atoms with Crippen molar-refractivity contribution in [3.8, 4) is 28.4 Å². The van der Waals surface area contributed by atoms with Crippen LogP contribution in [0.5, 0.6) is 17.2 Å². The zero-order chi connectivity index (χ0) is 17.4. The molecule has 0 radical (unpaired) electrons. The molecule has 0 amide bonds. The average Bonchev–Trinajstić information content (AvgIpc) is 2.65. The highest BCUT2D eigenvalue weighted by Crippen LogP contribution is 2.38. The second kappa shape index (κ2) is 6.28. The molecule has 0 saturated heterocycles. The van der Waals surface area contributed by atoms with Gasteiger partial charge in [0, 0.05) is 6.42 Å². The van der Waals surface area contributed by atoms with E-state index in [1.165, 1.54) is 0 Å². The van der Waals surface area contributed by atoms with E-state index in [1.54, 1.807) is 19.2 Å². The maximum Gasteiger partial charge on any atom is 0.488 e. The van der Waals surface area contributed by atoms with Gasteiger partial charge < -0.3 is 19.5 Å². The lowest BCUT2D eigenvalue weighted by molar-refractivity contribution is 0.412. The molecule has 2 N–H and O–H groups in total. The molecule has 124 valence electrons. The largest absolute Gasteiger partial charge is 0.497 e. The third-order valence-corrected chi connectivity index (χ3v) is 4.43. The van der Waals surface area contributed by atoms with Gasteiger partial charge in [-0.3, -0.25) is 0 Å². The molecule has 0 unspecified atom stereocenters. The molecule has 1 heterocycles. The van der Waals surface area contributed by atoms with Crippen molar-refractivity contribution in [3.63, 3.8) is 0 Å². The van der Waals surface area contributed by atoms with Gasteiger partial charge in [0.25, 0.3) is 0 Å². The summed E-state index contributed by atoms with van der Waals surface area (Å²) in [6.07, 6.45) is 0.804. The van der Waals surface area contributed by atoms with E-state index < -0.39 is 7.12 Å². The van der Waals surface area contributed by atoms with E-state index in [2.05, 4.69) is 12.1 Å². The number of para-hydroxylation sites is 1. The van der Waals surface area contributed by atoms with E-state index in [0.717, 1.165) is 40.2 Å². The fourth-order valence-corrected chi connectivity index (χ4v) is 3.13. The number of fused-ring (bicyclic) bond motifs is 2. The number of ether oxygens (including phenoxy) is 2. The molecule has 0 atom stereocenters. The van der Waals surface area contributed by atoms with E-state index in [9.17, 15) is 10.0 Å². The van der Waals surface area contributed by atoms with E-state index in [-0.39, 0.29) is 0 Å². The van der Waals surface area contributed by atoms with Crippen LogP contribution in [0.2, 0.25) is 0 Å². The van der Waals surface area contributed by atoms with Crippen LogP contribution in [0.1, 0.15) is 11.1 Å². The zero-order valence-corrected chi connectivity index (χ0v) is 13.8. The van der Waals surface area contributed by atoms with Gasteiger partial charge in [-0.1, -0.05) is 30.3 Å². The number of hydrogen-bond acceptors (Lipinski definition) is 4. The summed E-state index contributed by atoms with van der Waals surface area (Å²) in [6, 6.07) is 19.3. The molecule has 3 aromatic carbocycles. The van der Waals surface area contributed by atoms with Crippen LogP contribution in [0.15, 0.2) is 60.7 Å². The maximum atomic E-state index is 9.50.